The molecule has 1 fully saturated rings. The van der Waals surface area contributed by atoms with Gasteiger partial charge in [0.1, 0.15) is 35.6 Å². The molecule has 3 aromatic carbocycles. The van der Waals surface area contributed by atoms with Gasteiger partial charge in [-0.1, -0.05) is 24.3 Å². The highest BCUT2D eigenvalue weighted by Gasteiger charge is 2.37. The van der Waals surface area contributed by atoms with Gasteiger partial charge in [0.05, 0.1) is 18.8 Å². The molecule has 2 heterocycles. The van der Waals surface area contributed by atoms with Crippen molar-refractivity contribution in [2.24, 2.45) is 5.73 Å². The highest BCUT2D eigenvalue weighted by Crippen LogP contribution is 2.35. The van der Waals surface area contributed by atoms with Gasteiger partial charge in [0.25, 0.3) is 5.91 Å². The van der Waals surface area contributed by atoms with Crippen molar-refractivity contribution >= 4 is 29.2 Å². The molecular weight excluding hydrogens is 667 g/mol. The van der Waals surface area contributed by atoms with E-state index in [-0.39, 0.29) is 37.4 Å². The van der Waals surface area contributed by atoms with Crippen LogP contribution < -0.4 is 20.1 Å². The number of alkyl halides is 2. The largest absolute Gasteiger partial charge is 0.488 e. The lowest BCUT2D eigenvalue weighted by atomic mass is 10.1. The highest BCUT2D eigenvalue weighted by molar-refractivity contribution is 6.01. The zero-order chi connectivity index (χ0) is 36.9. The summed E-state index contributed by atoms with van der Waals surface area (Å²) in [5.74, 6) is -1.79. The highest BCUT2D eigenvalue weighted by atomic mass is 19.3. The lowest BCUT2D eigenvalue weighted by molar-refractivity contribution is -0.155. The number of carbonyl (C=O) groups excluding carboxylic acids is 3. The smallest absolute Gasteiger partial charge is 0.387 e. The number of piperazine rings is 1. The predicted molar refractivity (Wildman–Crippen MR) is 182 cm³/mol. The molecule has 2 aliphatic heterocycles. The third-order valence-corrected chi connectivity index (χ3v) is 8.61. The summed E-state index contributed by atoms with van der Waals surface area (Å²) in [6.07, 6.45) is -0.0956. The number of fused-ring (bicyclic) bond motifs is 1. The molecule has 2 aliphatic rings. The Kier molecular flexibility index (Phi) is 11.4. The number of primary amides is 1. The summed E-state index contributed by atoms with van der Waals surface area (Å²) in [4.78, 5) is 46.6. The Hall–Kier alpha value is -5.29. The van der Waals surface area contributed by atoms with Gasteiger partial charge in [-0.05, 0) is 63.1 Å². The summed E-state index contributed by atoms with van der Waals surface area (Å²) in [5, 5.41) is 0. The van der Waals surface area contributed by atoms with Crippen LogP contribution >= 0.6 is 0 Å². The topological polar surface area (TPSA) is 119 Å². The molecule has 0 aromatic heterocycles. The minimum atomic E-state index is -3.01. The van der Waals surface area contributed by atoms with Crippen molar-refractivity contribution in [3.63, 3.8) is 0 Å². The average Bonchev–Trinajstić information content (AvgIpc) is 3.40. The van der Waals surface area contributed by atoms with Crippen LogP contribution in [-0.2, 0) is 34.0 Å². The Morgan fingerprint density at radius 3 is 2.41 bits per heavy atom. The number of halogens is 3. The van der Waals surface area contributed by atoms with Gasteiger partial charge >= 0.3 is 12.6 Å². The number of hydrogen-bond donors (Lipinski definition) is 1. The normalized spacial score (nSPS) is 15.4. The molecule has 2 N–H and O–H groups in total. The molecule has 0 radical (unpaired) electrons. The van der Waals surface area contributed by atoms with E-state index < -0.39 is 41.9 Å². The van der Waals surface area contributed by atoms with E-state index in [1.165, 1.54) is 17.0 Å². The maximum atomic E-state index is 15.3. The maximum absolute atomic E-state index is 15.3. The second-order valence-electron chi connectivity index (χ2n) is 13.4. The fourth-order valence-electron chi connectivity index (χ4n) is 6.20. The van der Waals surface area contributed by atoms with E-state index in [0.29, 0.717) is 60.9 Å². The van der Waals surface area contributed by atoms with Crippen molar-refractivity contribution in [1.29, 1.82) is 0 Å². The van der Waals surface area contributed by atoms with Gasteiger partial charge in [0.15, 0.2) is 5.69 Å². The first-order valence-corrected chi connectivity index (χ1v) is 16.5. The number of anilines is 1. The van der Waals surface area contributed by atoms with E-state index in [2.05, 4.69) is 14.5 Å². The van der Waals surface area contributed by atoms with E-state index in [1.807, 2.05) is 11.0 Å². The zero-order valence-electron chi connectivity index (χ0n) is 28.7. The molecule has 14 heteroatoms. The second kappa shape index (κ2) is 15.7. The molecule has 270 valence electrons. The quantitative estimate of drug-likeness (QED) is 0.175. The van der Waals surface area contributed by atoms with Crippen molar-refractivity contribution in [3.05, 3.63) is 94.1 Å². The molecule has 0 unspecified atom stereocenters. The van der Waals surface area contributed by atoms with Gasteiger partial charge in [-0.3, -0.25) is 19.3 Å². The van der Waals surface area contributed by atoms with Gasteiger partial charge in [-0.25, -0.2) is 9.24 Å². The SMILES string of the molecule is [C-]#[N+]c1ccc(N2CCN(Cc3ccc(COc4cccc5c4CN([C@@H](CCC(=O)OC(C)(C)C)C(N)=O)C5=O)c(F)c3)CC2)c(OC(F)F)c1. The molecule has 0 aliphatic carbocycles. The van der Waals surface area contributed by atoms with Crippen LogP contribution in [0, 0.1) is 12.4 Å². The third kappa shape index (κ3) is 9.29. The van der Waals surface area contributed by atoms with Gasteiger partial charge in [-0.15, -0.1) is 0 Å². The van der Waals surface area contributed by atoms with Crippen LogP contribution in [0.2, 0.25) is 0 Å². The molecule has 0 spiro atoms. The molecule has 3 aromatic rings. The summed E-state index contributed by atoms with van der Waals surface area (Å²) >= 11 is 0. The van der Waals surface area contributed by atoms with Gasteiger partial charge in [0.2, 0.25) is 5.91 Å². The van der Waals surface area contributed by atoms with Crippen molar-refractivity contribution in [1.82, 2.24) is 9.80 Å². The molecule has 0 bridgehead atoms. The van der Waals surface area contributed by atoms with Crippen LogP contribution in [-0.4, -0.2) is 72.0 Å². The number of carbonyl (C=O) groups is 3. The summed E-state index contributed by atoms with van der Waals surface area (Å²) in [5.41, 5.74) is 7.59. The van der Waals surface area contributed by atoms with Crippen LogP contribution in [0.1, 0.15) is 60.7 Å². The first kappa shape index (κ1) is 37.0. The fraction of sp³-hybridized carbons (Fsp3) is 0.405. The third-order valence-electron chi connectivity index (χ3n) is 8.61. The number of amides is 2. The zero-order valence-corrected chi connectivity index (χ0v) is 28.7. The Morgan fingerprint density at radius 1 is 1.02 bits per heavy atom. The molecule has 5 rings (SSSR count). The number of esters is 1. The standard InChI is InChI=1S/C37H40F3N5O6/c1-37(2,3)51-33(46)13-12-30(34(41)47)45-21-27-26(35(45)48)6-5-7-31(27)49-22-24-9-8-23(18-28(24)38)20-43-14-16-44(17-15-43)29-11-10-25(42-4)19-32(29)50-36(39)40/h5-11,18-19,30,36H,12-17,20-22H2,1-3H3,(H2,41,47)/t30-/m0/s1. The number of hydrogen-bond acceptors (Lipinski definition) is 8. The molecule has 2 amide bonds. The van der Waals surface area contributed by atoms with Crippen LogP contribution in [0.15, 0.2) is 54.6 Å². The van der Waals surface area contributed by atoms with Crippen LogP contribution in [0.5, 0.6) is 11.5 Å². The molecular formula is C37H40F3N5O6. The number of rotatable bonds is 13. The van der Waals surface area contributed by atoms with E-state index in [4.69, 9.17) is 21.8 Å². The molecule has 1 saturated heterocycles. The van der Waals surface area contributed by atoms with Crippen molar-refractivity contribution in [2.75, 3.05) is 31.1 Å². The summed E-state index contributed by atoms with van der Waals surface area (Å²) in [6, 6.07) is 13.3. The summed E-state index contributed by atoms with van der Waals surface area (Å²) in [7, 11) is 0. The number of nitrogens with two attached hydrogens (primary N) is 1. The van der Waals surface area contributed by atoms with E-state index in [9.17, 15) is 23.2 Å². The minimum Gasteiger partial charge on any atom is -0.488 e. The van der Waals surface area contributed by atoms with Crippen molar-refractivity contribution in [2.45, 2.75) is 71.6 Å². The number of benzene rings is 3. The van der Waals surface area contributed by atoms with E-state index in [0.717, 1.165) is 5.56 Å². The van der Waals surface area contributed by atoms with Gasteiger partial charge < -0.3 is 29.7 Å². The Bertz CT molecular complexity index is 1820. The molecule has 51 heavy (non-hydrogen) atoms. The molecule has 0 saturated carbocycles. The van der Waals surface area contributed by atoms with Gasteiger partial charge in [0, 0.05) is 55.8 Å². The van der Waals surface area contributed by atoms with Crippen LogP contribution in [0.4, 0.5) is 24.5 Å². The number of ether oxygens (including phenoxy) is 3. The first-order valence-electron chi connectivity index (χ1n) is 16.5. The Balaban J connectivity index is 1.17. The monoisotopic (exact) mass is 707 g/mol. The van der Waals surface area contributed by atoms with Gasteiger partial charge in [-0.2, -0.15) is 8.78 Å². The average molecular weight is 708 g/mol. The van der Waals surface area contributed by atoms with Crippen LogP contribution in [0.3, 0.4) is 0 Å². The number of nitrogens with zero attached hydrogens (tertiary/aromatic N) is 4. The minimum absolute atomic E-state index is 0.00258. The van der Waals surface area contributed by atoms with E-state index >= 15 is 4.39 Å². The fourth-order valence-corrected chi connectivity index (χ4v) is 6.20. The van der Waals surface area contributed by atoms with Crippen molar-refractivity contribution < 1.29 is 41.8 Å². The Labute approximate surface area is 294 Å². The van der Waals surface area contributed by atoms with Crippen LogP contribution in [0.25, 0.3) is 4.85 Å². The molecule has 11 nitrogen and oxygen atoms in total. The first-order chi connectivity index (χ1) is 24.2. The lowest BCUT2D eigenvalue weighted by Crippen LogP contribution is -2.46. The predicted octanol–water partition coefficient (Wildman–Crippen LogP) is 5.81. The lowest BCUT2D eigenvalue weighted by Gasteiger charge is -2.36. The second-order valence-corrected chi connectivity index (χ2v) is 13.4. The van der Waals surface area contributed by atoms with E-state index in [1.54, 1.807) is 57.2 Å². The molecule has 1 atom stereocenters. The van der Waals surface area contributed by atoms with Crippen molar-refractivity contribution in [3.8, 4) is 11.5 Å². The summed E-state index contributed by atoms with van der Waals surface area (Å²) in [6.45, 7) is 12.0. The summed E-state index contributed by atoms with van der Waals surface area (Å²) < 4.78 is 57.3. The Morgan fingerprint density at radius 2 is 1.76 bits per heavy atom. The maximum Gasteiger partial charge on any atom is 0.387 e.